The summed E-state index contributed by atoms with van der Waals surface area (Å²) in [6.07, 6.45) is 5.25. The van der Waals surface area contributed by atoms with Crippen LogP contribution in [0.4, 0.5) is 0 Å². The van der Waals surface area contributed by atoms with E-state index in [0.29, 0.717) is 0 Å². The third-order valence-corrected chi connectivity index (χ3v) is 1.97. The lowest BCUT2D eigenvalue weighted by molar-refractivity contribution is 0.370. The van der Waals surface area contributed by atoms with Crippen molar-refractivity contribution in [3.8, 4) is 0 Å². The van der Waals surface area contributed by atoms with E-state index in [2.05, 4.69) is 32.7 Å². The number of hydrogen-bond donors (Lipinski definition) is 0. The molecule has 0 saturated heterocycles. The summed E-state index contributed by atoms with van der Waals surface area (Å²) in [5.74, 6) is 1.87. The highest BCUT2D eigenvalue weighted by atomic mass is 16.4. The average Bonchev–Trinajstić information content (AvgIpc) is 2.47. The van der Waals surface area contributed by atoms with Gasteiger partial charge in [0.1, 0.15) is 5.76 Å². The van der Waals surface area contributed by atoms with Crippen molar-refractivity contribution in [1.82, 2.24) is 4.98 Å². The van der Waals surface area contributed by atoms with Crippen LogP contribution in [-0.2, 0) is 11.8 Å². The van der Waals surface area contributed by atoms with Gasteiger partial charge in [-0.25, -0.2) is 4.98 Å². The van der Waals surface area contributed by atoms with Crippen LogP contribution in [0.15, 0.2) is 10.6 Å². The fourth-order valence-corrected chi connectivity index (χ4v) is 1.12. The molecule has 0 aromatic carbocycles. The molecule has 0 unspecified atom stereocenters. The molecule has 1 rings (SSSR count). The molecule has 0 N–H and O–H groups in total. The van der Waals surface area contributed by atoms with Gasteiger partial charge in [0, 0.05) is 11.8 Å². The zero-order valence-corrected chi connectivity index (χ0v) is 9.05. The van der Waals surface area contributed by atoms with E-state index >= 15 is 0 Å². The predicted molar refractivity (Wildman–Crippen MR) is 53.8 cm³/mol. The van der Waals surface area contributed by atoms with Gasteiger partial charge in [-0.1, -0.05) is 34.1 Å². The van der Waals surface area contributed by atoms with Crippen molar-refractivity contribution >= 4 is 0 Å². The number of aryl methyl sites for hydroxylation is 1. The maximum atomic E-state index is 5.64. The van der Waals surface area contributed by atoms with Crippen LogP contribution in [0.1, 0.15) is 52.2 Å². The summed E-state index contributed by atoms with van der Waals surface area (Å²) in [6, 6.07) is 0. The molecule has 0 aliphatic rings. The van der Waals surface area contributed by atoms with E-state index in [0.717, 1.165) is 18.1 Å². The van der Waals surface area contributed by atoms with Crippen LogP contribution >= 0.6 is 0 Å². The van der Waals surface area contributed by atoms with E-state index in [4.69, 9.17) is 4.42 Å². The highest BCUT2D eigenvalue weighted by Crippen LogP contribution is 2.21. The van der Waals surface area contributed by atoms with Crippen molar-refractivity contribution in [3.63, 3.8) is 0 Å². The van der Waals surface area contributed by atoms with E-state index < -0.39 is 0 Å². The van der Waals surface area contributed by atoms with Gasteiger partial charge >= 0.3 is 0 Å². The molecule has 0 aliphatic carbocycles. The third-order valence-electron chi connectivity index (χ3n) is 1.97. The minimum Gasteiger partial charge on any atom is -0.445 e. The number of nitrogens with zero attached hydrogens (tertiary/aromatic N) is 1. The molecule has 13 heavy (non-hydrogen) atoms. The van der Waals surface area contributed by atoms with E-state index in [-0.39, 0.29) is 5.41 Å². The molecule has 74 valence electrons. The molecule has 1 heterocycles. The van der Waals surface area contributed by atoms with Crippen LogP contribution < -0.4 is 0 Å². The van der Waals surface area contributed by atoms with Crippen LogP contribution in [0.3, 0.4) is 0 Å². The highest BCUT2D eigenvalue weighted by molar-refractivity contribution is 5.02. The number of unbranched alkanes of at least 4 members (excludes halogenated alkanes) is 1. The summed E-state index contributed by atoms with van der Waals surface area (Å²) in [6.45, 7) is 8.52. The first-order chi connectivity index (χ1) is 6.04. The third kappa shape index (κ3) is 2.87. The Balaban J connectivity index is 2.64. The minimum absolute atomic E-state index is 0.0322. The SMILES string of the molecule is CCCCc1cnc(C(C)(C)C)o1. The van der Waals surface area contributed by atoms with Gasteiger partial charge in [-0.2, -0.15) is 0 Å². The lowest BCUT2D eigenvalue weighted by atomic mass is 9.97. The Labute approximate surface area is 80.4 Å². The highest BCUT2D eigenvalue weighted by Gasteiger charge is 2.19. The van der Waals surface area contributed by atoms with Crippen LogP contribution in [0, 0.1) is 0 Å². The molecule has 0 atom stereocenters. The Morgan fingerprint density at radius 1 is 1.38 bits per heavy atom. The van der Waals surface area contributed by atoms with Crippen LogP contribution in [-0.4, -0.2) is 4.98 Å². The summed E-state index contributed by atoms with van der Waals surface area (Å²) in [5.41, 5.74) is 0.0322. The van der Waals surface area contributed by atoms with Gasteiger partial charge in [0.2, 0.25) is 0 Å². The summed E-state index contributed by atoms with van der Waals surface area (Å²) in [7, 11) is 0. The number of oxazole rings is 1. The molecular weight excluding hydrogens is 162 g/mol. The molecule has 0 saturated carbocycles. The second-order valence-corrected chi connectivity index (χ2v) is 4.49. The van der Waals surface area contributed by atoms with Gasteiger partial charge in [-0.15, -0.1) is 0 Å². The van der Waals surface area contributed by atoms with Crippen LogP contribution in [0.2, 0.25) is 0 Å². The van der Waals surface area contributed by atoms with Crippen LogP contribution in [0.5, 0.6) is 0 Å². The first kappa shape index (κ1) is 10.3. The van der Waals surface area contributed by atoms with Gasteiger partial charge in [0.15, 0.2) is 5.89 Å². The summed E-state index contributed by atoms with van der Waals surface area (Å²) in [5, 5.41) is 0. The van der Waals surface area contributed by atoms with Crippen molar-refractivity contribution < 1.29 is 4.42 Å². The van der Waals surface area contributed by atoms with Crippen molar-refractivity contribution in [2.45, 2.75) is 52.4 Å². The first-order valence-corrected chi connectivity index (χ1v) is 4.99. The lowest BCUT2D eigenvalue weighted by Gasteiger charge is -2.12. The smallest absolute Gasteiger partial charge is 0.199 e. The van der Waals surface area contributed by atoms with E-state index in [1.807, 2.05) is 6.20 Å². The van der Waals surface area contributed by atoms with E-state index in [1.54, 1.807) is 0 Å². The summed E-state index contributed by atoms with van der Waals surface area (Å²) >= 11 is 0. The number of aromatic nitrogens is 1. The fraction of sp³-hybridized carbons (Fsp3) is 0.727. The molecule has 0 aliphatic heterocycles. The topological polar surface area (TPSA) is 26.0 Å². The molecule has 0 bridgehead atoms. The molecule has 0 fully saturated rings. The number of hydrogen-bond acceptors (Lipinski definition) is 2. The largest absolute Gasteiger partial charge is 0.445 e. The molecule has 0 amide bonds. The Morgan fingerprint density at radius 2 is 2.08 bits per heavy atom. The normalized spacial score (nSPS) is 12.0. The Morgan fingerprint density at radius 3 is 2.54 bits per heavy atom. The van der Waals surface area contributed by atoms with Crippen LogP contribution in [0.25, 0.3) is 0 Å². The zero-order chi connectivity index (χ0) is 9.90. The molecule has 0 radical (unpaired) electrons. The quantitative estimate of drug-likeness (QED) is 0.715. The second-order valence-electron chi connectivity index (χ2n) is 4.49. The summed E-state index contributed by atoms with van der Waals surface area (Å²) in [4.78, 5) is 4.27. The maximum absolute atomic E-state index is 5.64. The van der Waals surface area contributed by atoms with Crippen molar-refractivity contribution in [2.75, 3.05) is 0 Å². The average molecular weight is 181 g/mol. The van der Waals surface area contributed by atoms with Crippen molar-refractivity contribution in [2.24, 2.45) is 0 Å². The molecule has 0 spiro atoms. The molecule has 1 aromatic rings. The van der Waals surface area contributed by atoms with Gasteiger partial charge in [-0.3, -0.25) is 0 Å². The first-order valence-electron chi connectivity index (χ1n) is 4.99. The Hall–Kier alpha value is -0.790. The van der Waals surface area contributed by atoms with Gasteiger partial charge < -0.3 is 4.42 Å². The Kier molecular flexibility index (Phi) is 3.12. The predicted octanol–water partition coefficient (Wildman–Crippen LogP) is 3.31. The van der Waals surface area contributed by atoms with Gasteiger partial charge in [-0.05, 0) is 6.42 Å². The second kappa shape index (κ2) is 3.95. The fourth-order valence-electron chi connectivity index (χ4n) is 1.12. The van der Waals surface area contributed by atoms with Gasteiger partial charge in [0.25, 0.3) is 0 Å². The standard InChI is InChI=1S/C11H19NO/c1-5-6-7-9-8-12-10(13-9)11(2,3)4/h8H,5-7H2,1-4H3. The molecular formula is C11H19NO. The minimum atomic E-state index is 0.0322. The molecule has 2 nitrogen and oxygen atoms in total. The molecule has 2 heteroatoms. The number of rotatable bonds is 3. The zero-order valence-electron chi connectivity index (χ0n) is 9.05. The summed E-state index contributed by atoms with van der Waals surface area (Å²) < 4.78 is 5.64. The van der Waals surface area contributed by atoms with Gasteiger partial charge in [0.05, 0.1) is 6.20 Å². The Bertz CT molecular complexity index is 257. The lowest BCUT2D eigenvalue weighted by Crippen LogP contribution is -2.10. The van der Waals surface area contributed by atoms with Crippen molar-refractivity contribution in [1.29, 1.82) is 0 Å². The van der Waals surface area contributed by atoms with E-state index in [9.17, 15) is 0 Å². The monoisotopic (exact) mass is 181 g/mol. The molecule has 1 aromatic heterocycles. The van der Waals surface area contributed by atoms with E-state index in [1.165, 1.54) is 12.8 Å². The maximum Gasteiger partial charge on any atom is 0.199 e. The van der Waals surface area contributed by atoms with Crippen molar-refractivity contribution in [3.05, 3.63) is 17.8 Å².